The number of hydrogen-bond donors (Lipinski definition) is 5. The number of benzene rings is 1. The molecular weight excluding hydrogens is 461 g/mol. The number of piperazine rings is 1. The van der Waals surface area contributed by atoms with E-state index in [9.17, 15) is 14.3 Å². The number of carbonyl (C=O) groups excluding carboxylic acids is 1. The zero-order valence-electron chi connectivity index (χ0n) is 18.1. The van der Waals surface area contributed by atoms with E-state index < -0.39 is 17.8 Å². The van der Waals surface area contributed by atoms with E-state index in [-0.39, 0.29) is 11.6 Å². The van der Waals surface area contributed by atoms with Gasteiger partial charge in [-0.25, -0.2) is 9.37 Å². The number of aliphatic hydroxyl groups is 1. The Balaban J connectivity index is 1.37. The fraction of sp³-hybridized carbons (Fsp3) is 0.261. The normalized spacial score (nSPS) is 15.0. The molecule has 1 amide bonds. The number of carbonyl (C=O) groups is 1. The number of aliphatic hydroxyl groups excluding tert-OH is 1. The lowest BCUT2D eigenvalue weighted by molar-refractivity contribution is 0.0911. The van der Waals surface area contributed by atoms with E-state index in [1.807, 2.05) is 6.20 Å². The first kappa shape index (κ1) is 22.3. The van der Waals surface area contributed by atoms with Crippen LogP contribution in [0, 0.1) is 5.82 Å². The zero-order chi connectivity index (χ0) is 23.7. The number of nitrogens with zero attached hydrogens (tertiary/aromatic N) is 3. The van der Waals surface area contributed by atoms with Crippen LogP contribution in [0.1, 0.15) is 22.1 Å². The first-order chi connectivity index (χ1) is 16.5. The molecule has 5 rings (SSSR count). The summed E-state index contributed by atoms with van der Waals surface area (Å²) < 4.78 is 13.5. The maximum Gasteiger partial charge on any atom is 0.268 e. The summed E-state index contributed by atoms with van der Waals surface area (Å²) >= 11 is 5.84. The van der Waals surface area contributed by atoms with Crippen molar-refractivity contribution in [3.05, 3.63) is 64.8 Å². The van der Waals surface area contributed by atoms with Crippen LogP contribution in [0.25, 0.3) is 22.3 Å². The van der Waals surface area contributed by atoms with Crippen LogP contribution in [0.15, 0.2) is 42.7 Å². The fourth-order valence-electron chi connectivity index (χ4n) is 4.07. The molecule has 9 nitrogen and oxygen atoms in total. The molecular formula is C23H23ClFN7O2. The summed E-state index contributed by atoms with van der Waals surface area (Å²) in [6.45, 7) is 3.28. The molecule has 1 aliphatic heterocycles. The highest BCUT2D eigenvalue weighted by Gasteiger charge is 2.20. The number of amides is 1. The number of fused-ring (bicyclic) bond motifs is 1. The third-order valence-corrected chi connectivity index (χ3v) is 6.21. The Labute approximate surface area is 199 Å². The summed E-state index contributed by atoms with van der Waals surface area (Å²) in [5.41, 5.74) is 3.88. The molecule has 5 N–H and O–H groups in total. The summed E-state index contributed by atoms with van der Waals surface area (Å²) in [4.78, 5) is 22.6. The number of hydrogen-bond acceptors (Lipinski definition) is 6. The lowest BCUT2D eigenvalue weighted by atomic mass is 10.1. The highest BCUT2D eigenvalue weighted by Crippen LogP contribution is 2.29. The van der Waals surface area contributed by atoms with Crippen LogP contribution in [-0.4, -0.2) is 64.0 Å². The van der Waals surface area contributed by atoms with Gasteiger partial charge in [0.25, 0.3) is 5.91 Å². The van der Waals surface area contributed by atoms with Crippen LogP contribution >= 0.6 is 11.6 Å². The minimum Gasteiger partial charge on any atom is -0.394 e. The highest BCUT2D eigenvalue weighted by atomic mass is 35.5. The van der Waals surface area contributed by atoms with Gasteiger partial charge >= 0.3 is 0 Å². The van der Waals surface area contributed by atoms with Crippen LogP contribution < -0.4 is 15.5 Å². The molecule has 0 radical (unpaired) electrons. The van der Waals surface area contributed by atoms with Crippen LogP contribution in [0.3, 0.4) is 0 Å². The van der Waals surface area contributed by atoms with E-state index >= 15 is 0 Å². The summed E-state index contributed by atoms with van der Waals surface area (Å²) in [6, 6.07) is 7.06. The lowest BCUT2D eigenvalue weighted by Gasteiger charge is -2.29. The predicted molar refractivity (Wildman–Crippen MR) is 127 cm³/mol. The predicted octanol–water partition coefficient (Wildman–Crippen LogP) is 2.62. The Bertz CT molecular complexity index is 1330. The van der Waals surface area contributed by atoms with Gasteiger partial charge in [-0.15, -0.1) is 0 Å². The molecule has 1 saturated heterocycles. The third kappa shape index (κ3) is 4.35. The molecule has 1 fully saturated rings. The Kier molecular flexibility index (Phi) is 6.18. The second-order valence-electron chi connectivity index (χ2n) is 8.08. The number of anilines is 1. The minimum absolute atomic E-state index is 0.0773. The number of aromatic amines is 2. The smallest absolute Gasteiger partial charge is 0.268 e. The van der Waals surface area contributed by atoms with Crippen LogP contribution in [-0.2, 0) is 0 Å². The van der Waals surface area contributed by atoms with E-state index in [1.54, 1.807) is 12.3 Å². The molecule has 0 saturated carbocycles. The van der Waals surface area contributed by atoms with Crippen molar-refractivity contribution >= 4 is 34.2 Å². The summed E-state index contributed by atoms with van der Waals surface area (Å²) in [6.07, 6.45) is 3.53. The molecule has 11 heteroatoms. The van der Waals surface area contributed by atoms with E-state index in [0.29, 0.717) is 22.6 Å². The minimum atomic E-state index is -0.741. The molecule has 4 aromatic rings. The quantitative estimate of drug-likeness (QED) is 0.287. The van der Waals surface area contributed by atoms with Gasteiger partial charge in [-0.3, -0.25) is 9.89 Å². The van der Waals surface area contributed by atoms with Gasteiger partial charge in [-0.05, 0) is 29.8 Å². The third-order valence-electron chi connectivity index (χ3n) is 5.92. The van der Waals surface area contributed by atoms with E-state index in [0.717, 1.165) is 42.8 Å². The Hall–Kier alpha value is -3.47. The Morgan fingerprint density at radius 1 is 1.26 bits per heavy atom. The summed E-state index contributed by atoms with van der Waals surface area (Å²) in [5.74, 6) is -0.992. The maximum absolute atomic E-state index is 13.5. The SMILES string of the molecule is O=C(N[C@H](CO)c1ccc(F)c(Cl)c1)c1cc(-c2n[nH]c3ncc(N4CCNCC4)cc23)c[nH]1. The molecule has 0 unspecified atom stereocenters. The first-order valence-electron chi connectivity index (χ1n) is 10.9. The number of nitrogens with one attached hydrogen (secondary N) is 4. The molecule has 0 aliphatic carbocycles. The molecule has 34 heavy (non-hydrogen) atoms. The van der Waals surface area contributed by atoms with Crippen molar-refractivity contribution in [2.75, 3.05) is 37.7 Å². The Morgan fingerprint density at radius 3 is 2.85 bits per heavy atom. The first-order valence-corrected chi connectivity index (χ1v) is 11.3. The molecule has 1 aromatic carbocycles. The number of rotatable bonds is 6. The van der Waals surface area contributed by atoms with Gasteiger partial charge < -0.3 is 25.6 Å². The average Bonchev–Trinajstić information content (AvgIpc) is 3.51. The highest BCUT2D eigenvalue weighted by molar-refractivity contribution is 6.30. The number of H-pyrrole nitrogens is 2. The molecule has 176 valence electrons. The molecule has 3 aromatic heterocycles. The maximum atomic E-state index is 13.5. The van der Waals surface area contributed by atoms with Gasteiger partial charge in [0.15, 0.2) is 5.65 Å². The molecule has 1 atom stereocenters. The second kappa shape index (κ2) is 9.41. The van der Waals surface area contributed by atoms with Crippen molar-refractivity contribution in [1.29, 1.82) is 0 Å². The number of halogens is 2. The molecule has 0 bridgehead atoms. The van der Waals surface area contributed by atoms with Crippen LogP contribution in [0.5, 0.6) is 0 Å². The van der Waals surface area contributed by atoms with Crippen molar-refractivity contribution in [2.45, 2.75) is 6.04 Å². The number of pyridine rings is 1. The van der Waals surface area contributed by atoms with Gasteiger partial charge in [-0.1, -0.05) is 17.7 Å². The van der Waals surface area contributed by atoms with E-state index in [2.05, 4.69) is 41.8 Å². The summed E-state index contributed by atoms with van der Waals surface area (Å²) in [7, 11) is 0. The molecule has 1 aliphatic rings. The zero-order valence-corrected chi connectivity index (χ0v) is 18.9. The van der Waals surface area contributed by atoms with Crippen molar-refractivity contribution in [3.8, 4) is 11.3 Å². The van der Waals surface area contributed by atoms with Crippen LogP contribution in [0.2, 0.25) is 5.02 Å². The summed E-state index contributed by atoms with van der Waals surface area (Å²) in [5, 5.41) is 24.0. The van der Waals surface area contributed by atoms with Gasteiger partial charge in [0, 0.05) is 43.3 Å². The second-order valence-corrected chi connectivity index (χ2v) is 8.49. The standard InChI is InChI=1S/C23H23ClFN7O2/c24-17-7-13(1-2-18(17)25)20(12-33)29-23(34)19-8-14(10-27-19)21-16-9-15(11-28-22(16)31-30-21)32-5-3-26-4-6-32/h1-2,7-11,20,26-27,33H,3-6,12H2,(H,29,34)(H,28,30,31)/t20-/m1/s1. The van der Waals surface area contributed by atoms with Crippen molar-refractivity contribution in [2.24, 2.45) is 0 Å². The van der Waals surface area contributed by atoms with Gasteiger partial charge in [-0.2, -0.15) is 5.10 Å². The van der Waals surface area contributed by atoms with Gasteiger partial charge in [0.1, 0.15) is 17.2 Å². The van der Waals surface area contributed by atoms with E-state index in [4.69, 9.17) is 11.6 Å². The van der Waals surface area contributed by atoms with Gasteiger partial charge in [0.05, 0.1) is 29.6 Å². The topological polar surface area (TPSA) is 122 Å². The fourth-order valence-corrected chi connectivity index (χ4v) is 4.26. The van der Waals surface area contributed by atoms with Crippen molar-refractivity contribution in [3.63, 3.8) is 0 Å². The van der Waals surface area contributed by atoms with Crippen molar-refractivity contribution in [1.82, 2.24) is 30.8 Å². The van der Waals surface area contributed by atoms with E-state index in [1.165, 1.54) is 18.2 Å². The monoisotopic (exact) mass is 483 g/mol. The van der Waals surface area contributed by atoms with Gasteiger partial charge in [0.2, 0.25) is 0 Å². The largest absolute Gasteiger partial charge is 0.394 e. The molecule has 4 heterocycles. The lowest BCUT2D eigenvalue weighted by Crippen LogP contribution is -2.43. The number of aromatic nitrogens is 4. The van der Waals surface area contributed by atoms with Crippen molar-refractivity contribution < 1.29 is 14.3 Å². The Morgan fingerprint density at radius 2 is 2.09 bits per heavy atom. The average molecular weight is 484 g/mol. The van der Waals surface area contributed by atoms with Crippen LogP contribution in [0.4, 0.5) is 10.1 Å². The molecule has 0 spiro atoms.